The molecule has 0 unspecified atom stereocenters. The van der Waals surface area contributed by atoms with Crippen LogP contribution < -0.4 is 5.73 Å². The van der Waals surface area contributed by atoms with E-state index in [9.17, 15) is 0 Å². The summed E-state index contributed by atoms with van der Waals surface area (Å²) in [4.78, 5) is 0. The quantitative estimate of drug-likeness (QED) is 0.516. The maximum atomic E-state index is 5.14. The zero-order valence-corrected chi connectivity index (χ0v) is 3.70. The van der Waals surface area contributed by atoms with E-state index < -0.39 is 0 Å². The number of hydrogen-bond donors (Lipinski definition) is 1. The van der Waals surface area contributed by atoms with Crippen LogP contribution in [-0.4, -0.2) is 6.54 Å². The highest BCUT2D eigenvalue weighted by Crippen LogP contribution is 1.77. The number of nitrogens with two attached hydrogens (primary N) is 1. The fourth-order valence-electron chi connectivity index (χ4n) is 0.204. The molecule has 0 rings (SSSR count). The lowest BCUT2D eigenvalue weighted by Crippen LogP contribution is -1.95. The molecule has 5 heavy (non-hydrogen) atoms. The second kappa shape index (κ2) is 3.96. The third-order valence-electron chi connectivity index (χ3n) is 0.558. The Morgan fingerprint density at radius 2 is 2.40 bits per heavy atom. The third kappa shape index (κ3) is 3.96. The molecule has 0 aliphatic heterocycles. The van der Waals surface area contributed by atoms with Gasteiger partial charge in [-0.1, -0.05) is 13.3 Å². The van der Waals surface area contributed by atoms with Crippen LogP contribution in [0.2, 0.25) is 0 Å². The van der Waals surface area contributed by atoms with Crippen molar-refractivity contribution in [1.82, 2.24) is 0 Å². The SMILES string of the molecule is CCCCN.[H]. The van der Waals surface area contributed by atoms with Crippen LogP contribution in [0.15, 0.2) is 0 Å². The average molecular weight is 74.1 g/mol. The molecule has 1 nitrogen and oxygen atoms in total. The minimum absolute atomic E-state index is 0. The summed E-state index contributed by atoms with van der Waals surface area (Å²) in [5.41, 5.74) is 5.14. The summed E-state index contributed by atoms with van der Waals surface area (Å²) >= 11 is 0. The van der Waals surface area contributed by atoms with Crippen molar-refractivity contribution in [2.75, 3.05) is 6.54 Å². The van der Waals surface area contributed by atoms with E-state index in [1.54, 1.807) is 0 Å². The zero-order chi connectivity index (χ0) is 4.12. The molecule has 0 fully saturated rings. The van der Waals surface area contributed by atoms with Gasteiger partial charge in [-0.25, -0.2) is 0 Å². The van der Waals surface area contributed by atoms with Crippen molar-refractivity contribution in [3.05, 3.63) is 0 Å². The zero-order valence-electron chi connectivity index (χ0n) is 4.70. The van der Waals surface area contributed by atoms with Gasteiger partial charge in [-0.2, -0.15) is 0 Å². The molecule has 0 spiro atoms. The van der Waals surface area contributed by atoms with Crippen LogP contribution in [0.25, 0.3) is 0 Å². The molecular weight excluding hydrogens is 62.1 g/mol. The fourth-order valence-corrected chi connectivity index (χ4v) is 0.204. The average Bonchev–Trinajstić information content (AvgIpc) is 1.41. The van der Waals surface area contributed by atoms with Crippen molar-refractivity contribution in [3.63, 3.8) is 0 Å². The fraction of sp³-hybridized carbons (Fsp3) is 1.00. The van der Waals surface area contributed by atoms with E-state index in [2.05, 4.69) is 6.92 Å². The molecule has 1 heteroatoms. The van der Waals surface area contributed by atoms with Gasteiger partial charge in [-0.05, 0) is 13.0 Å². The molecule has 0 aliphatic rings. The summed E-state index contributed by atoms with van der Waals surface area (Å²) in [6, 6.07) is 0. The summed E-state index contributed by atoms with van der Waals surface area (Å²) in [6.45, 7) is 2.98. The van der Waals surface area contributed by atoms with E-state index in [-0.39, 0.29) is 1.43 Å². The van der Waals surface area contributed by atoms with Crippen molar-refractivity contribution >= 4 is 0 Å². The van der Waals surface area contributed by atoms with Gasteiger partial charge < -0.3 is 5.73 Å². The molecule has 1 radical (unpaired) electrons. The van der Waals surface area contributed by atoms with Gasteiger partial charge in [0.15, 0.2) is 0 Å². The van der Waals surface area contributed by atoms with E-state index in [1.807, 2.05) is 0 Å². The van der Waals surface area contributed by atoms with Crippen LogP contribution in [0.4, 0.5) is 0 Å². The molecular formula is C4H12N. The maximum absolute atomic E-state index is 5.14. The molecule has 0 aromatic heterocycles. The van der Waals surface area contributed by atoms with Gasteiger partial charge >= 0.3 is 0 Å². The highest BCUT2D eigenvalue weighted by molar-refractivity contribution is 4.29. The first kappa shape index (κ1) is 4.96. The summed E-state index contributed by atoms with van der Waals surface area (Å²) in [7, 11) is 0. The highest BCUT2D eigenvalue weighted by Gasteiger charge is 1.67. The summed E-state index contributed by atoms with van der Waals surface area (Å²) in [6.07, 6.45) is 2.39. The van der Waals surface area contributed by atoms with E-state index in [0.29, 0.717) is 0 Å². The second-order valence-corrected chi connectivity index (χ2v) is 1.14. The Morgan fingerprint density at radius 1 is 1.80 bits per heavy atom. The Hall–Kier alpha value is -0.0400. The van der Waals surface area contributed by atoms with Crippen molar-refractivity contribution < 1.29 is 1.43 Å². The van der Waals surface area contributed by atoms with E-state index in [4.69, 9.17) is 5.73 Å². The van der Waals surface area contributed by atoms with Crippen LogP contribution in [0.1, 0.15) is 21.2 Å². The van der Waals surface area contributed by atoms with Gasteiger partial charge in [0.2, 0.25) is 0 Å². The topological polar surface area (TPSA) is 26.0 Å². The monoisotopic (exact) mass is 74.1 g/mol. The molecule has 0 aliphatic carbocycles. The summed E-state index contributed by atoms with van der Waals surface area (Å²) in [5.74, 6) is 0. The first-order chi connectivity index (χ1) is 2.41. The Balaban J connectivity index is 0. The molecule has 0 aromatic rings. The highest BCUT2D eigenvalue weighted by atomic mass is 14.5. The van der Waals surface area contributed by atoms with Gasteiger partial charge in [-0.15, -0.1) is 0 Å². The Labute approximate surface area is 34.7 Å². The summed E-state index contributed by atoms with van der Waals surface area (Å²) in [5, 5.41) is 0. The molecule has 0 aromatic carbocycles. The maximum Gasteiger partial charge on any atom is 0 e. The lowest BCUT2D eigenvalue weighted by molar-refractivity contribution is 0.807. The molecule has 0 atom stereocenters. The molecule has 33 valence electrons. The molecule has 0 saturated carbocycles. The Kier molecular flexibility index (Phi) is 3.93. The number of unbranched alkanes of at least 4 members (excludes halogenated alkanes) is 1. The van der Waals surface area contributed by atoms with Gasteiger partial charge in [0.1, 0.15) is 0 Å². The van der Waals surface area contributed by atoms with E-state index in [0.717, 1.165) is 6.54 Å². The molecule has 0 heterocycles. The normalized spacial score (nSPS) is 8.40. The van der Waals surface area contributed by atoms with Gasteiger partial charge in [0.25, 0.3) is 0 Å². The Bertz CT molecular complexity index is 15.0. The van der Waals surface area contributed by atoms with Gasteiger partial charge in [0.05, 0.1) is 0 Å². The van der Waals surface area contributed by atoms with Crippen molar-refractivity contribution in [2.45, 2.75) is 19.8 Å². The molecule has 2 N–H and O–H groups in total. The molecule has 0 bridgehead atoms. The molecule has 0 saturated heterocycles. The largest absolute Gasteiger partial charge is 0.330 e. The molecule has 0 amide bonds. The smallest absolute Gasteiger partial charge is 0 e. The minimum atomic E-state index is 0. The number of hydrogen-bond acceptors (Lipinski definition) is 1. The minimum Gasteiger partial charge on any atom is -0.330 e. The Morgan fingerprint density at radius 3 is 2.40 bits per heavy atom. The van der Waals surface area contributed by atoms with Crippen molar-refractivity contribution in [3.8, 4) is 0 Å². The van der Waals surface area contributed by atoms with Crippen LogP contribution >= 0.6 is 0 Å². The summed E-state index contributed by atoms with van der Waals surface area (Å²) < 4.78 is 0. The van der Waals surface area contributed by atoms with Crippen LogP contribution in [0.3, 0.4) is 0 Å². The predicted molar refractivity (Wildman–Crippen MR) is 25.1 cm³/mol. The first-order valence-electron chi connectivity index (χ1n) is 2.12. The van der Waals surface area contributed by atoms with Crippen LogP contribution in [0.5, 0.6) is 0 Å². The lowest BCUT2D eigenvalue weighted by Gasteiger charge is -1.80. The van der Waals surface area contributed by atoms with E-state index in [1.165, 1.54) is 12.8 Å². The van der Waals surface area contributed by atoms with Crippen molar-refractivity contribution in [1.29, 1.82) is 0 Å². The van der Waals surface area contributed by atoms with Gasteiger partial charge in [0, 0.05) is 1.43 Å². The van der Waals surface area contributed by atoms with Crippen LogP contribution in [-0.2, 0) is 0 Å². The van der Waals surface area contributed by atoms with Crippen molar-refractivity contribution in [2.24, 2.45) is 5.73 Å². The first-order valence-corrected chi connectivity index (χ1v) is 2.12. The third-order valence-corrected chi connectivity index (χ3v) is 0.558. The number of rotatable bonds is 2. The second-order valence-electron chi connectivity index (χ2n) is 1.14. The van der Waals surface area contributed by atoms with E-state index >= 15 is 0 Å². The van der Waals surface area contributed by atoms with Crippen LogP contribution in [0, 0.1) is 0 Å². The predicted octanol–water partition coefficient (Wildman–Crippen LogP) is 0.858. The lowest BCUT2D eigenvalue weighted by atomic mass is 10.3. The standard InChI is InChI=1S/C4H11N.H/c1-2-3-4-5;/h2-5H2,1H3;. The van der Waals surface area contributed by atoms with Gasteiger partial charge in [-0.3, -0.25) is 0 Å².